The smallest absolute Gasteiger partial charge is 0.262 e. The molecule has 0 saturated heterocycles. The number of nitrogens with zero attached hydrogens (tertiary/aromatic N) is 1. The van der Waals surface area contributed by atoms with Crippen molar-refractivity contribution < 1.29 is 14.3 Å². The number of benzene rings is 1. The third-order valence-corrected chi connectivity index (χ3v) is 6.71. The van der Waals surface area contributed by atoms with Crippen LogP contribution in [0.15, 0.2) is 30.3 Å². The van der Waals surface area contributed by atoms with Crippen molar-refractivity contribution in [2.24, 2.45) is 0 Å². The highest BCUT2D eigenvalue weighted by molar-refractivity contribution is 7.18. The van der Waals surface area contributed by atoms with Gasteiger partial charge in [-0.25, -0.2) is 0 Å². The fraction of sp³-hybridized carbons (Fsp3) is 0.455. The summed E-state index contributed by atoms with van der Waals surface area (Å²) in [6.07, 6.45) is 2.30. The number of halogens is 1. The molecule has 0 saturated carbocycles. The maximum atomic E-state index is 13.2. The molecular formula is C22H28ClN3O3S. The number of nitrogens with one attached hydrogen (secondary N) is 2. The van der Waals surface area contributed by atoms with Gasteiger partial charge in [0.15, 0.2) is 0 Å². The summed E-state index contributed by atoms with van der Waals surface area (Å²) in [6.45, 7) is 4.08. The van der Waals surface area contributed by atoms with Gasteiger partial charge >= 0.3 is 0 Å². The largest absolute Gasteiger partial charge is 0.385 e. The highest BCUT2D eigenvalue weighted by atomic mass is 35.5. The highest BCUT2D eigenvalue weighted by Crippen LogP contribution is 2.24. The molecule has 2 amide bonds. The Labute approximate surface area is 186 Å². The summed E-state index contributed by atoms with van der Waals surface area (Å²) < 4.78 is 5.70. The number of likely N-dealkylation sites (N-methyl/N-ethyl adjacent to an activating group) is 1. The van der Waals surface area contributed by atoms with Crippen LogP contribution >= 0.6 is 22.9 Å². The summed E-state index contributed by atoms with van der Waals surface area (Å²) in [7, 11) is 3.70. The number of anilines is 1. The second kappa shape index (κ2) is 9.92. The summed E-state index contributed by atoms with van der Waals surface area (Å²) in [5.74, 6) is -0.605. The molecule has 1 unspecified atom stereocenters. The lowest BCUT2D eigenvalue weighted by atomic mass is 9.96. The third-order valence-electron chi connectivity index (χ3n) is 5.48. The summed E-state index contributed by atoms with van der Waals surface area (Å²) in [5, 5.41) is 5.86. The van der Waals surface area contributed by atoms with Crippen molar-refractivity contribution in [3.63, 3.8) is 0 Å². The number of methoxy groups -OCH3 is 1. The molecule has 8 heteroatoms. The van der Waals surface area contributed by atoms with Crippen molar-refractivity contribution in [3.8, 4) is 0 Å². The van der Waals surface area contributed by atoms with Gasteiger partial charge in [-0.05, 0) is 62.2 Å². The van der Waals surface area contributed by atoms with Crippen LogP contribution in [0.1, 0.15) is 34.1 Å². The average molecular weight is 450 g/mol. The van der Waals surface area contributed by atoms with E-state index in [2.05, 4.69) is 28.6 Å². The monoisotopic (exact) mass is 449 g/mol. The number of hydrogen-bond donors (Lipinski definition) is 2. The van der Waals surface area contributed by atoms with Crippen molar-refractivity contribution in [2.75, 3.05) is 39.2 Å². The Balaban J connectivity index is 1.75. The first-order chi connectivity index (χ1) is 14.3. The Morgan fingerprint density at radius 3 is 2.60 bits per heavy atom. The average Bonchev–Trinajstić information content (AvgIpc) is 3.07. The van der Waals surface area contributed by atoms with E-state index in [0.29, 0.717) is 22.2 Å². The molecule has 2 N–H and O–H groups in total. The van der Waals surface area contributed by atoms with Crippen LogP contribution in [0.3, 0.4) is 0 Å². The van der Waals surface area contributed by atoms with Crippen molar-refractivity contribution >= 4 is 40.4 Å². The first-order valence-electron chi connectivity index (χ1n) is 9.99. The first-order valence-corrected chi connectivity index (χ1v) is 11.2. The number of thiophene rings is 1. The molecule has 0 fully saturated rings. The molecule has 0 radical (unpaired) electrons. The molecule has 0 aliphatic carbocycles. The minimum Gasteiger partial charge on any atom is -0.385 e. The van der Waals surface area contributed by atoms with Gasteiger partial charge in [0.2, 0.25) is 5.91 Å². The number of amides is 2. The van der Waals surface area contributed by atoms with E-state index in [1.54, 1.807) is 26.2 Å². The lowest BCUT2D eigenvalue weighted by Crippen LogP contribution is -2.55. The SMILES string of the molecule is COCCC(C)(NC(=O)c1ccc(Cl)s1)C(=O)Nc1ccc2c(c1)CCN(C)CC2. The van der Waals surface area contributed by atoms with Crippen LogP contribution in [-0.2, 0) is 22.4 Å². The molecule has 0 bridgehead atoms. The zero-order valence-electron chi connectivity index (χ0n) is 17.6. The lowest BCUT2D eigenvalue weighted by Gasteiger charge is -2.29. The van der Waals surface area contributed by atoms with Crippen LogP contribution < -0.4 is 10.6 Å². The van der Waals surface area contributed by atoms with Gasteiger partial charge in [-0.15, -0.1) is 11.3 Å². The van der Waals surface area contributed by atoms with Crippen molar-refractivity contribution in [1.29, 1.82) is 0 Å². The van der Waals surface area contributed by atoms with Gasteiger partial charge in [-0.2, -0.15) is 0 Å². The van der Waals surface area contributed by atoms with E-state index in [-0.39, 0.29) is 11.8 Å². The molecule has 3 rings (SSSR count). The van der Waals surface area contributed by atoms with Gasteiger partial charge in [0.25, 0.3) is 5.91 Å². The van der Waals surface area contributed by atoms with Gasteiger partial charge < -0.3 is 20.3 Å². The summed E-state index contributed by atoms with van der Waals surface area (Å²) in [4.78, 5) is 28.6. The first kappa shape index (κ1) is 22.7. The fourth-order valence-corrected chi connectivity index (χ4v) is 4.41. The van der Waals surface area contributed by atoms with Gasteiger partial charge in [0.1, 0.15) is 5.54 Å². The molecule has 30 heavy (non-hydrogen) atoms. The second-order valence-corrected chi connectivity index (χ2v) is 9.59. The summed E-state index contributed by atoms with van der Waals surface area (Å²) >= 11 is 7.12. The maximum Gasteiger partial charge on any atom is 0.262 e. The van der Waals surface area contributed by atoms with Gasteiger partial charge in [-0.3, -0.25) is 9.59 Å². The molecule has 0 spiro atoms. The van der Waals surface area contributed by atoms with Gasteiger partial charge in [0.05, 0.1) is 9.21 Å². The number of carbonyl (C=O) groups is 2. The number of hydrogen-bond acceptors (Lipinski definition) is 5. The summed E-state index contributed by atoms with van der Waals surface area (Å²) in [6, 6.07) is 9.38. The van der Waals surface area contributed by atoms with Crippen molar-refractivity contribution in [1.82, 2.24) is 10.2 Å². The van der Waals surface area contributed by atoms with E-state index in [0.717, 1.165) is 31.6 Å². The van der Waals surface area contributed by atoms with Crippen LogP contribution in [-0.4, -0.2) is 56.1 Å². The van der Waals surface area contributed by atoms with Crippen LogP contribution in [0.25, 0.3) is 0 Å². The Bertz CT molecular complexity index is 917. The molecule has 1 aromatic carbocycles. The maximum absolute atomic E-state index is 13.2. The molecule has 2 heterocycles. The zero-order valence-corrected chi connectivity index (χ0v) is 19.2. The molecule has 162 valence electrons. The lowest BCUT2D eigenvalue weighted by molar-refractivity contribution is -0.122. The molecular weight excluding hydrogens is 422 g/mol. The minimum absolute atomic E-state index is 0.277. The predicted octanol–water partition coefficient (Wildman–Crippen LogP) is 3.60. The molecule has 1 aliphatic heterocycles. The number of carbonyl (C=O) groups excluding carboxylic acids is 2. The van der Waals surface area contributed by atoms with E-state index in [4.69, 9.17) is 16.3 Å². The topological polar surface area (TPSA) is 70.7 Å². The molecule has 6 nitrogen and oxygen atoms in total. The molecule has 1 aromatic heterocycles. The minimum atomic E-state index is -1.13. The van der Waals surface area contributed by atoms with E-state index in [1.807, 2.05) is 12.1 Å². The molecule has 1 aliphatic rings. The van der Waals surface area contributed by atoms with Gasteiger partial charge in [0, 0.05) is 38.9 Å². The number of ether oxygens (including phenoxy) is 1. The number of rotatable bonds is 7. The Morgan fingerprint density at radius 1 is 1.20 bits per heavy atom. The Hall–Kier alpha value is -1.93. The quantitative estimate of drug-likeness (QED) is 0.677. The van der Waals surface area contributed by atoms with Crippen LogP contribution in [0, 0.1) is 0 Å². The van der Waals surface area contributed by atoms with Gasteiger partial charge in [-0.1, -0.05) is 17.7 Å². The van der Waals surface area contributed by atoms with Crippen LogP contribution in [0.2, 0.25) is 4.34 Å². The van der Waals surface area contributed by atoms with Crippen molar-refractivity contribution in [2.45, 2.75) is 31.7 Å². The van der Waals surface area contributed by atoms with E-state index < -0.39 is 5.54 Å². The van der Waals surface area contributed by atoms with E-state index in [9.17, 15) is 9.59 Å². The van der Waals surface area contributed by atoms with E-state index >= 15 is 0 Å². The standard InChI is InChI=1S/C22H28ClN3O3S/c1-22(10-13-29-3,25-20(27)18-6-7-19(23)30-18)21(28)24-17-5-4-15-8-11-26(2)12-9-16(15)14-17/h4-7,14H,8-13H2,1-3H3,(H,24,28)(H,25,27). The highest BCUT2D eigenvalue weighted by Gasteiger charge is 2.35. The van der Waals surface area contributed by atoms with Crippen LogP contribution in [0.4, 0.5) is 5.69 Å². The summed E-state index contributed by atoms with van der Waals surface area (Å²) in [5.41, 5.74) is 2.19. The fourth-order valence-electron chi connectivity index (χ4n) is 3.47. The van der Waals surface area contributed by atoms with E-state index in [1.165, 1.54) is 22.5 Å². The number of fused-ring (bicyclic) bond motifs is 1. The third kappa shape index (κ3) is 5.60. The second-order valence-electron chi connectivity index (χ2n) is 7.87. The van der Waals surface area contributed by atoms with Crippen molar-refractivity contribution in [3.05, 3.63) is 50.7 Å². The van der Waals surface area contributed by atoms with Crippen LogP contribution in [0.5, 0.6) is 0 Å². The Kier molecular flexibility index (Phi) is 7.52. The normalized spacial score (nSPS) is 16.3. The Morgan fingerprint density at radius 2 is 1.93 bits per heavy atom. The molecule has 1 atom stereocenters. The predicted molar refractivity (Wildman–Crippen MR) is 122 cm³/mol. The molecule has 2 aromatic rings. The zero-order chi connectivity index (χ0) is 21.7.